The molecule has 0 spiro atoms. The first-order valence-electron chi connectivity index (χ1n) is 14.1. The number of nitrogens with two attached hydrogens (primary N) is 1. The van der Waals surface area contributed by atoms with Crippen LogP contribution >= 0.6 is 11.3 Å². The van der Waals surface area contributed by atoms with Crippen molar-refractivity contribution in [1.29, 1.82) is 0 Å². The van der Waals surface area contributed by atoms with Gasteiger partial charge in [0, 0.05) is 30.8 Å². The van der Waals surface area contributed by atoms with Crippen molar-refractivity contribution in [3.63, 3.8) is 0 Å². The second kappa shape index (κ2) is 13.8. The van der Waals surface area contributed by atoms with Crippen molar-refractivity contribution in [3.8, 4) is 27.9 Å². The number of halogens is 2. The average Bonchev–Trinajstić information content (AvgIpc) is 3.63. The molecule has 1 aliphatic rings. The second-order valence-electron chi connectivity index (χ2n) is 10.3. The molecule has 1 fully saturated rings. The summed E-state index contributed by atoms with van der Waals surface area (Å²) in [6.07, 6.45) is 4.49. The molecule has 15 heteroatoms. The highest BCUT2D eigenvalue weighted by molar-refractivity contribution is 7.19. The number of nitrogens with zero attached hydrogens (tertiary/aromatic N) is 4. The first-order chi connectivity index (χ1) is 21.2. The number of aromatic nitrogens is 3. The van der Waals surface area contributed by atoms with Crippen molar-refractivity contribution in [1.82, 2.24) is 25.3 Å². The van der Waals surface area contributed by atoms with Crippen molar-refractivity contribution < 1.29 is 27.6 Å². The van der Waals surface area contributed by atoms with Crippen LogP contribution in [0.5, 0.6) is 5.75 Å². The van der Waals surface area contributed by atoms with E-state index in [4.69, 9.17) is 15.0 Å². The van der Waals surface area contributed by atoms with Gasteiger partial charge in [-0.1, -0.05) is 29.0 Å². The largest absolute Gasteiger partial charge is 0.497 e. The van der Waals surface area contributed by atoms with Gasteiger partial charge in [-0.05, 0) is 57.0 Å². The Bertz CT molecular complexity index is 1650. The number of amides is 3. The minimum Gasteiger partial charge on any atom is -0.497 e. The summed E-state index contributed by atoms with van der Waals surface area (Å²) in [4.78, 5) is 36.1. The molecule has 1 unspecified atom stereocenters. The number of methoxy groups -OCH3 is 1. The highest BCUT2D eigenvalue weighted by Gasteiger charge is 2.23. The maximum atomic E-state index is 14.8. The molecule has 3 amide bonds. The fraction of sp³-hybridized carbons (Fsp3) is 0.345. The minimum atomic E-state index is -0.993. The number of anilines is 3. The molecule has 0 aliphatic carbocycles. The molecule has 2 aromatic heterocycles. The Labute approximate surface area is 256 Å². The summed E-state index contributed by atoms with van der Waals surface area (Å²) in [6.45, 7) is 4.73. The fourth-order valence-electron chi connectivity index (χ4n) is 4.85. The molecule has 1 atom stereocenters. The Balaban J connectivity index is 1.22. The molecule has 1 aliphatic heterocycles. The molecular weight excluding hydrogens is 594 g/mol. The molecule has 44 heavy (non-hydrogen) atoms. The van der Waals surface area contributed by atoms with Gasteiger partial charge in [0.1, 0.15) is 28.1 Å². The van der Waals surface area contributed by atoms with Crippen LogP contribution in [0.2, 0.25) is 0 Å². The van der Waals surface area contributed by atoms with E-state index in [9.17, 15) is 18.4 Å². The van der Waals surface area contributed by atoms with Crippen LogP contribution < -0.4 is 26.4 Å². The maximum absolute atomic E-state index is 14.8. The van der Waals surface area contributed by atoms with Gasteiger partial charge in [0.25, 0.3) is 11.8 Å². The van der Waals surface area contributed by atoms with Crippen molar-refractivity contribution in [2.24, 2.45) is 0 Å². The fourth-order valence-corrected chi connectivity index (χ4v) is 5.66. The lowest BCUT2D eigenvalue weighted by Crippen LogP contribution is -2.39. The Kier molecular flexibility index (Phi) is 9.65. The molecule has 3 heterocycles. The number of nitrogen functional groups attached to an aromatic ring is 1. The third-order valence-corrected chi connectivity index (χ3v) is 8.19. The molecule has 0 saturated carbocycles. The lowest BCUT2D eigenvalue weighted by molar-refractivity contribution is 0.102. The molecule has 12 nitrogen and oxygen atoms in total. The SMILES string of the molecule is COc1cccc(C(=O)Nc2cc(-c3noc(-c4sc(NC(=O)NCCCN5CCCCC5C)nc4N)n3)c(F)cc2F)c1. The number of nitrogens with one attached hydrogen (secondary N) is 3. The highest BCUT2D eigenvalue weighted by Crippen LogP contribution is 2.36. The molecule has 5 N–H and O–H groups in total. The van der Waals surface area contributed by atoms with E-state index in [1.54, 1.807) is 12.1 Å². The number of benzene rings is 2. The number of carbonyl (C=O) groups excluding carboxylic acids is 2. The molecule has 0 radical (unpaired) electrons. The molecule has 4 aromatic rings. The second-order valence-corrected chi connectivity index (χ2v) is 11.3. The first kappa shape index (κ1) is 30.8. The number of rotatable bonds is 10. The number of thiazole rings is 1. The van der Waals surface area contributed by atoms with Gasteiger partial charge in [-0.3, -0.25) is 10.1 Å². The van der Waals surface area contributed by atoms with Gasteiger partial charge in [0.05, 0.1) is 18.4 Å². The van der Waals surface area contributed by atoms with Crippen LogP contribution in [-0.2, 0) is 0 Å². The van der Waals surface area contributed by atoms with Gasteiger partial charge < -0.3 is 30.5 Å². The molecule has 0 bridgehead atoms. The standard InChI is InChI=1S/C29H32F2N8O4S/c1-16-7-3-4-11-39(16)12-6-10-33-28(41)37-29-35-24(32)23(44-29)27-36-25(38-43-27)19-14-22(21(31)15-20(19)30)34-26(40)17-8-5-9-18(13-17)42-2/h5,8-9,13-16H,3-4,6-7,10-12,32H2,1-2H3,(H,34,40)(H2,33,35,37,41). The van der Waals surface area contributed by atoms with E-state index in [0.717, 1.165) is 36.9 Å². The van der Waals surface area contributed by atoms with E-state index in [1.807, 2.05) is 0 Å². The van der Waals surface area contributed by atoms with Gasteiger partial charge in [-0.2, -0.15) is 4.98 Å². The topological polar surface area (TPSA) is 161 Å². The summed E-state index contributed by atoms with van der Waals surface area (Å²) < 4.78 is 39.8. The van der Waals surface area contributed by atoms with Crippen molar-refractivity contribution in [2.75, 3.05) is 43.1 Å². The zero-order valence-corrected chi connectivity index (χ0v) is 25.0. The first-order valence-corrected chi connectivity index (χ1v) is 14.9. The number of hydrogen-bond donors (Lipinski definition) is 4. The van der Waals surface area contributed by atoms with Crippen molar-refractivity contribution in [2.45, 2.75) is 38.6 Å². The Morgan fingerprint density at radius 2 is 2.00 bits per heavy atom. The quantitative estimate of drug-likeness (QED) is 0.170. The monoisotopic (exact) mass is 626 g/mol. The number of carbonyl (C=O) groups is 2. The van der Waals surface area contributed by atoms with Crippen molar-refractivity contribution >= 4 is 39.9 Å². The van der Waals surface area contributed by atoms with Gasteiger partial charge >= 0.3 is 6.03 Å². The smallest absolute Gasteiger partial charge is 0.321 e. The number of urea groups is 1. The summed E-state index contributed by atoms with van der Waals surface area (Å²) in [7, 11) is 1.45. The number of hydrogen-bond acceptors (Lipinski definition) is 10. The summed E-state index contributed by atoms with van der Waals surface area (Å²) >= 11 is 0.997. The van der Waals surface area contributed by atoms with Gasteiger partial charge in [-0.25, -0.2) is 18.6 Å². The number of ether oxygens (including phenoxy) is 1. The summed E-state index contributed by atoms with van der Waals surface area (Å²) in [5.74, 6) is -2.43. The summed E-state index contributed by atoms with van der Waals surface area (Å²) in [5.41, 5.74) is 5.73. The third-order valence-electron chi connectivity index (χ3n) is 7.22. The van der Waals surface area contributed by atoms with Crippen LogP contribution in [0, 0.1) is 11.6 Å². The lowest BCUT2D eigenvalue weighted by atomic mass is 10.0. The van der Waals surface area contributed by atoms with Crippen LogP contribution in [0.15, 0.2) is 40.9 Å². The Hall–Kier alpha value is -4.63. The van der Waals surface area contributed by atoms with Crippen molar-refractivity contribution in [3.05, 3.63) is 53.6 Å². The van der Waals surface area contributed by atoms with Gasteiger partial charge in [-0.15, -0.1) is 0 Å². The number of likely N-dealkylation sites (tertiary alicyclic amines) is 1. The lowest BCUT2D eigenvalue weighted by Gasteiger charge is -2.33. The molecule has 232 valence electrons. The minimum absolute atomic E-state index is 0.0189. The predicted molar refractivity (Wildman–Crippen MR) is 163 cm³/mol. The predicted octanol–water partition coefficient (Wildman–Crippen LogP) is 5.37. The molecule has 2 aromatic carbocycles. The van der Waals surface area contributed by atoms with Crippen LogP contribution in [-0.4, -0.2) is 64.7 Å². The van der Waals surface area contributed by atoms with Gasteiger partial charge in [0.15, 0.2) is 5.13 Å². The molecule has 5 rings (SSSR count). The van der Waals surface area contributed by atoms with E-state index in [2.05, 4.69) is 42.9 Å². The van der Waals surface area contributed by atoms with E-state index < -0.39 is 23.6 Å². The van der Waals surface area contributed by atoms with E-state index in [0.29, 0.717) is 24.4 Å². The van der Waals surface area contributed by atoms with E-state index >= 15 is 0 Å². The average molecular weight is 627 g/mol. The van der Waals surface area contributed by atoms with Crippen LogP contribution in [0.4, 0.5) is 30.2 Å². The zero-order chi connectivity index (χ0) is 31.2. The Morgan fingerprint density at radius 3 is 2.80 bits per heavy atom. The summed E-state index contributed by atoms with van der Waals surface area (Å²) in [5, 5.41) is 11.9. The van der Waals surface area contributed by atoms with Crippen LogP contribution in [0.3, 0.4) is 0 Å². The van der Waals surface area contributed by atoms with E-state index in [1.165, 1.54) is 38.5 Å². The molecule has 1 saturated heterocycles. The van der Waals surface area contributed by atoms with Crippen LogP contribution in [0.25, 0.3) is 22.2 Å². The maximum Gasteiger partial charge on any atom is 0.321 e. The van der Waals surface area contributed by atoms with Gasteiger partial charge in [0.2, 0.25) is 5.82 Å². The number of piperidine rings is 1. The zero-order valence-electron chi connectivity index (χ0n) is 24.2. The summed E-state index contributed by atoms with van der Waals surface area (Å²) in [6, 6.07) is 8.08. The normalized spacial score (nSPS) is 15.1. The highest BCUT2D eigenvalue weighted by atomic mass is 32.1. The Morgan fingerprint density at radius 1 is 1.16 bits per heavy atom. The third kappa shape index (κ3) is 7.29. The van der Waals surface area contributed by atoms with Crippen LogP contribution in [0.1, 0.15) is 43.0 Å². The van der Waals surface area contributed by atoms with E-state index in [-0.39, 0.29) is 44.4 Å². The molecular formula is C29H32F2N8O4S.